The summed E-state index contributed by atoms with van der Waals surface area (Å²) in [6, 6.07) is 7.71. The molecule has 0 aliphatic rings. The molecule has 1 aromatic carbocycles. The third-order valence-electron chi connectivity index (χ3n) is 3.05. The van der Waals surface area contributed by atoms with Crippen LogP contribution in [0.25, 0.3) is 21.7 Å². The monoisotopic (exact) mass is 269 g/mol. The lowest BCUT2D eigenvalue weighted by Crippen LogP contribution is -1.97. The number of rotatable bonds is 2. The summed E-state index contributed by atoms with van der Waals surface area (Å²) in [6.45, 7) is 4.82. The molecule has 5 nitrogen and oxygen atoms in total. The molecule has 19 heavy (non-hydrogen) atoms. The maximum absolute atomic E-state index is 8.96. The van der Waals surface area contributed by atoms with Gasteiger partial charge in [-0.2, -0.15) is 5.26 Å². The van der Waals surface area contributed by atoms with Crippen molar-refractivity contribution in [2.45, 2.75) is 20.4 Å². The van der Waals surface area contributed by atoms with Crippen molar-refractivity contribution in [2.75, 3.05) is 0 Å². The van der Waals surface area contributed by atoms with Gasteiger partial charge in [-0.25, -0.2) is 4.98 Å². The van der Waals surface area contributed by atoms with E-state index in [0.717, 1.165) is 34.0 Å². The number of aromatic nitrogens is 4. The van der Waals surface area contributed by atoms with Crippen molar-refractivity contribution < 1.29 is 0 Å². The first-order valence-electron chi connectivity index (χ1n) is 5.94. The van der Waals surface area contributed by atoms with Crippen molar-refractivity contribution >= 4 is 22.6 Å². The van der Waals surface area contributed by atoms with Gasteiger partial charge in [-0.05, 0) is 43.6 Å². The van der Waals surface area contributed by atoms with Gasteiger partial charge in [0.15, 0.2) is 5.82 Å². The Balaban J connectivity index is 2.31. The molecule has 0 N–H and O–H groups in total. The van der Waals surface area contributed by atoms with Gasteiger partial charge in [0.05, 0.1) is 28.4 Å². The van der Waals surface area contributed by atoms with Crippen LogP contribution in [0.1, 0.15) is 18.2 Å². The number of hydrogen-bond acceptors (Lipinski definition) is 5. The first kappa shape index (κ1) is 11.8. The van der Waals surface area contributed by atoms with Crippen LogP contribution >= 0.6 is 11.5 Å². The zero-order chi connectivity index (χ0) is 13.4. The summed E-state index contributed by atoms with van der Waals surface area (Å²) in [4.78, 5) is 5.62. The van der Waals surface area contributed by atoms with E-state index < -0.39 is 0 Å². The minimum atomic E-state index is 0.624. The molecule has 0 bridgehead atoms. The first-order valence-corrected chi connectivity index (χ1v) is 6.71. The molecule has 2 heterocycles. The fraction of sp³-hybridized carbons (Fsp3) is 0.231. The summed E-state index contributed by atoms with van der Waals surface area (Å²) in [5, 5.41) is 13.0. The molecule has 0 aliphatic heterocycles. The highest BCUT2D eigenvalue weighted by Gasteiger charge is 2.16. The number of hydrogen-bond donors (Lipinski definition) is 0. The predicted octanol–water partition coefficient (Wildman–Crippen LogP) is 2.75. The van der Waals surface area contributed by atoms with E-state index in [1.165, 1.54) is 11.5 Å². The van der Waals surface area contributed by atoms with Crippen molar-refractivity contribution in [3.05, 3.63) is 29.5 Å². The Morgan fingerprint density at radius 3 is 2.89 bits per heavy atom. The van der Waals surface area contributed by atoms with Crippen molar-refractivity contribution in [1.82, 2.24) is 19.1 Å². The van der Waals surface area contributed by atoms with Gasteiger partial charge in [0.2, 0.25) is 0 Å². The highest BCUT2D eigenvalue weighted by molar-refractivity contribution is 7.09. The van der Waals surface area contributed by atoms with Crippen LogP contribution in [-0.4, -0.2) is 19.1 Å². The highest BCUT2D eigenvalue weighted by atomic mass is 32.1. The topological polar surface area (TPSA) is 67.4 Å². The number of aryl methyl sites for hydroxylation is 2. The SMILES string of the molecule is CCn1c(-c2snnc2C)nc2cc(C#N)ccc21. The van der Waals surface area contributed by atoms with E-state index in [-0.39, 0.29) is 0 Å². The zero-order valence-corrected chi connectivity index (χ0v) is 11.4. The Kier molecular flexibility index (Phi) is 2.76. The third-order valence-corrected chi connectivity index (χ3v) is 3.87. The molecule has 0 fully saturated rings. The molecule has 0 aliphatic carbocycles. The van der Waals surface area contributed by atoms with Crippen LogP contribution in [0.2, 0.25) is 0 Å². The maximum Gasteiger partial charge on any atom is 0.154 e. The van der Waals surface area contributed by atoms with E-state index in [1.54, 1.807) is 0 Å². The number of nitriles is 1. The van der Waals surface area contributed by atoms with Crippen LogP contribution in [0.15, 0.2) is 18.2 Å². The lowest BCUT2D eigenvalue weighted by atomic mass is 10.2. The Hall–Kier alpha value is -2.26. The molecule has 6 heteroatoms. The molecule has 3 aromatic rings. The quantitative estimate of drug-likeness (QED) is 0.717. The van der Waals surface area contributed by atoms with Gasteiger partial charge in [-0.3, -0.25) is 0 Å². The summed E-state index contributed by atoms with van der Waals surface area (Å²) in [6.07, 6.45) is 0. The molecule has 2 aromatic heterocycles. The van der Waals surface area contributed by atoms with Gasteiger partial charge >= 0.3 is 0 Å². The van der Waals surface area contributed by atoms with Crippen molar-refractivity contribution in [3.8, 4) is 16.8 Å². The molecule has 0 saturated heterocycles. The van der Waals surface area contributed by atoms with Crippen molar-refractivity contribution in [3.63, 3.8) is 0 Å². The van der Waals surface area contributed by atoms with Gasteiger partial charge in [0.1, 0.15) is 4.88 Å². The van der Waals surface area contributed by atoms with Crippen LogP contribution in [0.3, 0.4) is 0 Å². The van der Waals surface area contributed by atoms with E-state index in [4.69, 9.17) is 5.26 Å². The van der Waals surface area contributed by atoms with E-state index in [2.05, 4.69) is 32.1 Å². The average molecular weight is 269 g/mol. The first-order chi connectivity index (χ1) is 9.24. The molecular weight excluding hydrogens is 258 g/mol. The molecule has 0 amide bonds. The Morgan fingerprint density at radius 1 is 1.42 bits per heavy atom. The van der Waals surface area contributed by atoms with E-state index in [1.807, 2.05) is 25.1 Å². The molecular formula is C13H11N5S. The van der Waals surface area contributed by atoms with Crippen LogP contribution in [0.5, 0.6) is 0 Å². The van der Waals surface area contributed by atoms with Crippen LogP contribution in [0, 0.1) is 18.3 Å². The molecule has 0 radical (unpaired) electrons. The summed E-state index contributed by atoms with van der Waals surface area (Å²) in [7, 11) is 0. The second-order valence-electron chi connectivity index (χ2n) is 4.18. The lowest BCUT2D eigenvalue weighted by Gasteiger charge is -2.03. The van der Waals surface area contributed by atoms with Crippen molar-refractivity contribution in [1.29, 1.82) is 5.26 Å². The number of nitrogens with zero attached hydrogens (tertiary/aromatic N) is 5. The summed E-state index contributed by atoms with van der Waals surface area (Å²) in [5.41, 5.74) is 3.38. The Morgan fingerprint density at radius 2 is 2.26 bits per heavy atom. The largest absolute Gasteiger partial charge is 0.323 e. The zero-order valence-electron chi connectivity index (χ0n) is 10.6. The van der Waals surface area contributed by atoms with Gasteiger partial charge in [-0.1, -0.05) is 4.49 Å². The van der Waals surface area contributed by atoms with Crippen LogP contribution in [0.4, 0.5) is 0 Å². The second kappa shape index (κ2) is 4.44. The van der Waals surface area contributed by atoms with Crippen molar-refractivity contribution in [2.24, 2.45) is 0 Å². The van der Waals surface area contributed by atoms with Crippen LogP contribution < -0.4 is 0 Å². The molecule has 0 atom stereocenters. The average Bonchev–Trinajstić information content (AvgIpc) is 3.00. The summed E-state index contributed by atoms with van der Waals surface area (Å²) < 4.78 is 6.09. The Bertz CT molecular complexity index is 793. The minimum Gasteiger partial charge on any atom is -0.323 e. The van der Waals surface area contributed by atoms with E-state index in [0.29, 0.717) is 5.56 Å². The minimum absolute atomic E-state index is 0.624. The van der Waals surface area contributed by atoms with E-state index in [9.17, 15) is 0 Å². The standard InChI is InChI=1S/C13H11N5S/c1-3-18-11-5-4-9(7-14)6-10(11)15-13(18)12-8(2)16-17-19-12/h4-6H,3H2,1-2H3. The fourth-order valence-corrected chi connectivity index (χ4v) is 2.78. The molecule has 3 rings (SSSR count). The van der Waals surface area contributed by atoms with Gasteiger partial charge < -0.3 is 4.57 Å². The van der Waals surface area contributed by atoms with Gasteiger partial charge in [-0.15, -0.1) is 5.10 Å². The fourth-order valence-electron chi connectivity index (χ4n) is 2.13. The number of benzene rings is 1. The molecule has 0 saturated carbocycles. The lowest BCUT2D eigenvalue weighted by molar-refractivity contribution is 0.797. The summed E-state index contributed by atoms with van der Waals surface area (Å²) >= 11 is 1.35. The second-order valence-corrected chi connectivity index (χ2v) is 4.94. The number of imidazole rings is 1. The smallest absolute Gasteiger partial charge is 0.154 e. The van der Waals surface area contributed by atoms with Gasteiger partial charge in [0.25, 0.3) is 0 Å². The highest BCUT2D eigenvalue weighted by Crippen LogP contribution is 2.29. The molecule has 94 valence electrons. The summed E-state index contributed by atoms with van der Waals surface area (Å²) in [5.74, 6) is 0.875. The molecule has 0 unspecified atom stereocenters. The van der Waals surface area contributed by atoms with E-state index >= 15 is 0 Å². The van der Waals surface area contributed by atoms with Gasteiger partial charge in [0, 0.05) is 6.54 Å². The predicted molar refractivity (Wildman–Crippen MR) is 73.8 cm³/mol. The Labute approximate surface area is 114 Å². The number of fused-ring (bicyclic) bond motifs is 1. The third kappa shape index (κ3) is 1.79. The molecule has 0 spiro atoms. The van der Waals surface area contributed by atoms with Crippen LogP contribution in [-0.2, 0) is 6.54 Å². The normalized spacial score (nSPS) is 10.8. The maximum atomic E-state index is 8.96.